The van der Waals surface area contributed by atoms with Gasteiger partial charge in [-0.25, -0.2) is 4.98 Å². The largest absolute Gasteiger partial charge is 0.481 e. The van der Waals surface area contributed by atoms with Gasteiger partial charge >= 0.3 is 12.1 Å². The van der Waals surface area contributed by atoms with Crippen LogP contribution in [0.3, 0.4) is 0 Å². The summed E-state index contributed by atoms with van der Waals surface area (Å²) in [5.74, 6) is -0.226. The number of halogens is 3. The van der Waals surface area contributed by atoms with E-state index in [0.717, 1.165) is 12.2 Å². The number of allylic oxidation sites excluding steroid dienone is 2. The van der Waals surface area contributed by atoms with Gasteiger partial charge in [-0.05, 0) is 45.2 Å². The minimum atomic E-state index is -4.41. The van der Waals surface area contributed by atoms with Gasteiger partial charge in [-0.15, -0.1) is 0 Å². The summed E-state index contributed by atoms with van der Waals surface area (Å²) in [7, 11) is 0. The lowest BCUT2D eigenvalue weighted by molar-refractivity contribution is -0.141. The van der Waals surface area contributed by atoms with Crippen LogP contribution >= 0.6 is 0 Å². The van der Waals surface area contributed by atoms with Crippen molar-refractivity contribution >= 4 is 17.6 Å². The summed E-state index contributed by atoms with van der Waals surface area (Å²) in [6, 6.07) is 3.61. The molecule has 1 aliphatic rings. The standard InChI is InChI=1S/C24H33F3N4O3/c1-4-31(15-12-23(3,34)11-9-17(2)22(32)33)20-8-7-18(16-30-20)21-28-13-5-6-19(10-14-29-21)24(25,26)27/h5-8,10,16-17,34H,4,9,11-15H2,1-3H3,(H,28,29)(H,32,33)/b6-5-,19-10+/t17-,23?/m1/s1. The lowest BCUT2D eigenvalue weighted by Gasteiger charge is -2.29. The fraction of sp³-hybridized carbons (Fsp3) is 0.542. The summed E-state index contributed by atoms with van der Waals surface area (Å²) < 4.78 is 38.9. The van der Waals surface area contributed by atoms with Gasteiger partial charge in [0.15, 0.2) is 0 Å². The van der Waals surface area contributed by atoms with Crippen molar-refractivity contribution in [3.8, 4) is 0 Å². The third kappa shape index (κ3) is 8.48. The molecule has 188 valence electrons. The van der Waals surface area contributed by atoms with Crippen LogP contribution in [0.15, 0.2) is 47.1 Å². The number of nitrogens with one attached hydrogen (secondary N) is 1. The van der Waals surface area contributed by atoms with Gasteiger partial charge in [0.1, 0.15) is 11.7 Å². The molecule has 34 heavy (non-hydrogen) atoms. The van der Waals surface area contributed by atoms with Crippen molar-refractivity contribution in [3.05, 3.63) is 47.7 Å². The number of hydrogen-bond acceptors (Lipinski definition) is 6. The van der Waals surface area contributed by atoms with Crippen LogP contribution in [0, 0.1) is 5.92 Å². The number of pyridine rings is 1. The zero-order valence-electron chi connectivity index (χ0n) is 19.8. The molecule has 0 bridgehead atoms. The summed E-state index contributed by atoms with van der Waals surface area (Å²) in [6.07, 6.45) is 1.93. The predicted molar refractivity (Wildman–Crippen MR) is 126 cm³/mol. The van der Waals surface area contributed by atoms with Gasteiger partial charge in [0.2, 0.25) is 0 Å². The average Bonchev–Trinajstić information content (AvgIpc) is 2.90. The lowest BCUT2D eigenvalue weighted by atomic mass is 9.91. The second kappa shape index (κ2) is 12.0. The number of anilines is 1. The molecule has 1 unspecified atom stereocenters. The van der Waals surface area contributed by atoms with Crippen LogP contribution < -0.4 is 10.2 Å². The second-order valence-corrected chi connectivity index (χ2v) is 8.64. The number of aromatic nitrogens is 1. The van der Waals surface area contributed by atoms with Crippen molar-refractivity contribution in [2.45, 2.75) is 51.8 Å². The Balaban J connectivity index is 2.01. The van der Waals surface area contributed by atoms with E-state index < -0.39 is 29.2 Å². The van der Waals surface area contributed by atoms with Gasteiger partial charge in [0.05, 0.1) is 23.6 Å². The number of rotatable bonds is 10. The topological polar surface area (TPSA) is 98.0 Å². The van der Waals surface area contributed by atoms with Crippen LogP contribution in [0.25, 0.3) is 0 Å². The summed E-state index contributed by atoms with van der Waals surface area (Å²) in [6.45, 7) is 6.58. The molecule has 2 rings (SSSR count). The van der Waals surface area contributed by atoms with E-state index in [1.165, 1.54) is 6.08 Å². The summed E-state index contributed by atoms with van der Waals surface area (Å²) in [4.78, 5) is 21.8. The summed E-state index contributed by atoms with van der Waals surface area (Å²) in [5.41, 5.74) is -1.05. The van der Waals surface area contributed by atoms with Crippen LogP contribution in [0.1, 0.15) is 45.6 Å². The number of hydrogen-bond donors (Lipinski definition) is 3. The van der Waals surface area contributed by atoms with E-state index in [1.807, 2.05) is 17.9 Å². The molecule has 0 saturated carbocycles. The Morgan fingerprint density at radius 3 is 2.62 bits per heavy atom. The number of aliphatic hydroxyl groups is 1. The minimum absolute atomic E-state index is 0.0174. The van der Waals surface area contributed by atoms with E-state index in [0.29, 0.717) is 49.6 Å². The van der Waals surface area contributed by atoms with Crippen LogP contribution in [-0.2, 0) is 4.79 Å². The number of alkyl halides is 3. The molecule has 0 spiro atoms. The first-order valence-electron chi connectivity index (χ1n) is 11.3. The van der Waals surface area contributed by atoms with Crippen molar-refractivity contribution in [3.63, 3.8) is 0 Å². The third-order valence-electron chi connectivity index (χ3n) is 5.76. The fourth-order valence-corrected chi connectivity index (χ4v) is 3.41. The molecule has 1 aromatic rings. The van der Waals surface area contributed by atoms with Crippen LogP contribution in [0.2, 0.25) is 0 Å². The molecule has 0 saturated heterocycles. The number of aliphatic imine (C=N–C) groups is 1. The molecule has 3 N–H and O–H groups in total. The predicted octanol–water partition coefficient (Wildman–Crippen LogP) is 3.94. The lowest BCUT2D eigenvalue weighted by Crippen LogP contribution is -2.34. The highest BCUT2D eigenvalue weighted by atomic mass is 19.4. The molecule has 1 aliphatic heterocycles. The van der Waals surface area contributed by atoms with Gasteiger partial charge in [0, 0.05) is 31.4 Å². The SMILES string of the molecule is CCN(CCC(C)(O)CC[C@@H](C)C(=O)O)c1ccc(C2=NC/C=C\C(C(F)(F)F)=C/CN2)cn1. The van der Waals surface area contributed by atoms with E-state index >= 15 is 0 Å². The van der Waals surface area contributed by atoms with Crippen molar-refractivity contribution in [2.75, 3.05) is 31.1 Å². The number of carbonyl (C=O) groups is 1. The molecule has 1 aromatic heterocycles. The molecular formula is C24H33F3N4O3. The zero-order chi connectivity index (χ0) is 25.4. The monoisotopic (exact) mass is 482 g/mol. The Kier molecular flexibility index (Phi) is 9.66. The molecule has 0 aromatic carbocycles. The molecule has 0 aliphatic carbocycles. The maximum absolute atomic E-state index is 13.0. The Morgan fingerprint density at radius 2 is 2.03 bits per heavy atom. The highest BCUT2D eigenvalue weighted by Crippen LogP contribution is 2.26. The smallest absolute Gasteiger partial charge is 0.416 e. The van der Waals surface area contributed by atoms with Crippen molar-refractivity contribution in [1.29, 1.82) is 0 Å². The van der Waals surface area contributed by atoms with Crippen LogP contribution in [-0.4, -0.2) is 65.0 Å². The number of nitrogens with zero attached hydrogens (tertiary/aromatic N) is 3. The van der Waals surface area contributed by atoms with Gasteiger partial charge in [0.25, 0.3) is 0 Å². The molecule has 0 radical (unpaired) electrons. The molecule has 0 fully saturated rings. The molecule has 10 heteroatoms. The van der Waals surface area contributed by atoms with Gasteiger partial charge < -0.3 is 20.4 Å². The summed E-state index contributed by atoms with van der Waals surface area (Å²) >= 11 is 0. The van der Waals surface area contributed by atoms with Gasteiger partial charge in [-0.1, -0.05) is 25.2 Å². The normalized spacial score (nSPS) is 19.7. The Bertz CT molecular complexity index is 909. The van der Waals surface area contributed by atoms with Crippen LogP contribution in [0.4, 0.5) is 19.0 Å². The van der Waals surface area contributed by atoms with E-state index in [-0.39, 0.29) is 13.1 Å². The molecule has 2 heterocycles. The highest BCUT2D eigenvalue weighted by Gasteiger charge is 2.31. The Morgan fingerprint density at radius 1 is 1.29 bits per heavy atom. The first-order valence-corrected chi connectivity index (χ1v) is 11.3. The number of aliphatic carboxylic acids is 1. The van der Waals surface area contributed by atoms with E-state index in [2.05, 4.69) is 15.3 Å². The average molecular weight is 483 g/mol. The first-order chi connectivity index (χ1) is 15.9. The van der Waals surface area contributed by atoms with Crippen LogP contribution in [0.5, 0.6) is 0 Å². The first kappa shape index (κ1) is 27.4. The molecular weight excluding hydrogens is 449 g/mol. The summed E-state index contributed by atoms with van der Waals surface area (Å²) in [5, 5.41) is 22.6. The van der Waals surface area contributed by atoms with E-state index in [1.54, 1.807) is 26.1 Å². The minimum Gasteiger partial charge on any atom is -0.481 e. The number of carboxylic acid groups (broad SMARTS) is 1. The van der Waals surface area contributed by atoms with Gasteiger partial charge in [-0.3, -0.25) is 9.79 Å². The van der Waals surface area contributed by atoms with Crippen molar-refractivity contribution < 1.29 is 28.2 Å². The molecule has 7 nitrogen and oxygen atoms in total. The Labute approximate surface area is 198 Å². The van der Waals surface area contributed by atoms with Crippen molar-refractivity contribution in [1.82, 2.24) is 10.3 Å². The van der Waals surface area contributed by atoms with E-state index in [9.17, 15) is 23.1 Å². The quantitative estimate of drug-likeness (QED) is 0.467. The maximum Gasteiger partial charge on any atom is 0.416 e. The third-order valence-corrected chi connectivity index (χ3v) is 5.76. The number of carboxylic acids is 1. The molecule has 2 atom stereocenters. The number of amidine groups is 1. The fourth-order valence-electron chi connectivity index (χ4n) is 3.41. The molecule has 0 amide bonds. The van der Waals surface area contributed by atoms with Crippen molar-refractivity contribution in [2.24, 2.45) is 10.9 Å². The maximum atomic E-state index is 13.0. The van der Waals surface area contributed by atoms with Gasteiger partial charge in [-0.2, -0.15) is 13.2 Å². The zero-order valence-corrected chi connectivity index (χ0v) is 19.8. The Hall–Kier alpha value is -2.88. The highest BCUT2D eigenvalue weighted by molar-refractivity contribution is 5.98. The van der Waals surface area contributed by atoms with E-state index in [4.69, 9.17) is 5.11 Å². The second-order valence-electron chi connectivity index (χ2n) is 8.64.